The number of rotatable bonds is 2. The molecule has 4 rings (SSSR count). The summed E-state index contributed by atoms with van der Waals surface area (Å²) < 4.78 is 5.83. The minimum atomic E-state index is 0.710. The number of hydrogen-bond donors (Lipinski definition) is 1. The molecule has 1 aromatic carbocycles. The molecule has 100 valence electrons. The van der Waals surface area contributed by atoms with Gasteiger partial charge in [-0.15, -0.1) is 0 Å². The van der Waals surface area contributed by atoms with E-state index in [1.54, 1.807) is 0 Å². The molecule has 0 spiro atoms. The monoisotopic (exact) mass is 276 g/mol. The van der Waals surface area contributed by atoms with Crippen LogP contribution < -0.4 is 5.32 Å². The predicted octanol–water partition coefficient (Wildman–Crippen LogP) is 3.55. The zero-order valence-corrected chi connectivity index (χ0v) is 11.5. The van der Waals surface area contributed by atoms with E-state index in [1.807, 2.05) is 18.2 Å². The zero-order valence-electron chi connectivity index (χ0n) is 10.7. The van der Waals surface area contributed by atoms with Crippen LogP contribution in [-0.2, 0) is 6.42 Å². The van der Waals surface area contributed by atoms with Crippen LogP contribution in [0.3, 0.4) is 0 Å². The Bertz CT molecular complexity index is 597. The van der Waals surface area contributed by atoms with Gasteiger partial charge in [-0.3, -0.25) is 0 Å². The minimum absolute atomic E-state index is 0.710. The highest BCUT2D eigenvalue weighted by Gasteiger charge is 2.33. The molecule has 1 aromatic heterocycles. The Balaban J connectivity index is 1.54. The van der Waals surface area contributed by atoms with Crippen molar-refractivity contribution >= 4 is 22.7 Å². The van der Waals surface area contributed by atoms with Crippen molar-refractivity contribution in [1.29, 1.82) is 0 Å². The Morgan fingerprint density at radius 3 is 2.84 bits per heavy atom. The quantitative estimate of drug-likeness (QED) is 0.911. The lowest BCUT2D eigenvalue weighted by atomic mass is 9.90. The van der Waals surface area contributed by atoms with Gasteiger partial charge in [-0.2, -0.15) is 0 Å². The highest BCUT2D eigenvalue weighted by atomic mass is 35.5. The first kappa shape index (κ1) is 11.7. The van der Waals surface area contributed by atoms with Gasteiger partial charge in [0, 0.05) is 23.5 Å². The normalized spacial score (nSPS) is 30.1. The molecule has 1 N–H and O–H groups in total. The first-order chi connectivity index (χ1) is 9.26. The SMILES string of the molecule is Clc1ccc2oc(CC3CC4CCC(C3)N4)nc2c1. The summed E-state index contributed by atoms with van der Waals surface area (Å²) in [4.78, 5) is 4.57. The third-order valence-corrected chi connectivity index (χ3v) is 4.66. The Labute approximate surface area is 117 Å². The molecule has 3 heterocycles. The zero-order chi connectivity index (χ0) is 12.8. The maximum absolute atomic E-state index is 5.98. The molecular weight excluding hydrogens is 260 g/mol. The summed E-state index contributed by atoms with van der Waals surface area (Å²) in [6.07, 6.45) is 6.15. The van der Waals surface area contributed by atoms with Gasteiger partial charge in [0.1, 0.15) is 5.52 Å². The fourth-order valence-corrected chi connectivity index (χ4v) is 3.79. The first-order valence-electron chi connectivity index (χ1n) is 7.07. The van der Waals surface area contributed by atoms with Crippen molar-refractivity contribution in [2.75, 3.05) is 0 Å². The number of piperidine rings is 1. The Morgan fingerprint density at radius 1 is 1.26 bits per heavy atom. The van der Waals surface area contributed by atoms with Crippen molar-refractivity contribution in [3.05, 3.63) is 29.1 Å². The molecule has 2 aliphatic rings. The second kappa shape index (κ2) is 4.50. The van der Waals surface area contributed by atoms with Crippen LogP contribution in [0.15, 0.2) is 22.6 Å². The van der Waals surface area contributed by atoms with Crippen molar-refractivity contribution in [1.82, 2.24) is 10.3 Å². The third kappa shape index (κ3) is 2.26. The van der Waals surface area contributed by atoms with E-state index in [1.165, 1.54) is 25.7 Å². The number of halogens is 1. The molecule has 0 aliphatic carbocycles. The van der Waals surface area contributed by atoms with Crippen molar-refractivity contribution in [2.24, 2.45) is 5.92 Å². The molecule has 3 nitrogen and oxygen atoms in total. The van der Waals surface area contributed by atoms with Crippen LogP contribution in [0.25, 0.3) is 11.1 Å². The molecule has 2 atom stereocenters. The van der Waals surface area contributed by atoms with Gasteiger partial charge in [-0.25, -0.2) is 4.98 Å². The van der Waals surface area contributed by atoms with E-state index >= 15 is 0 Å². The smallest absolute Gasteiger partial charge is 0.195 e. The van der Waals surface area contributed by atoms with Gasteiger partial charge >= 0.3 is 0 Å². The molecule has 4 heteroatoms. The summed E-state index contributed by atoms with van der Waals surface area (Å²) in [5, 5.41) is 4.39. The summed E-state index contributed by atoms with van der Waals surface area (Å²) in [6, 6.07) is 7.07. The molecular formula is C15H17ClN2O. The van der Waals surface area contributed by atoms with Crippen molar-refractivity contribution in [3.8, 4) is 0 Å². The molecule has 0 amide bonds. The van der Waals surface area contributed by atoms with Crippen molar-refractivity contribution in [2.45, 2.75) is 44.2 Å². The van der Waals surface area contributed by atoms with E-state index in [0.717, 1.165) is 35.5 Å². The molecule has 0 saturated carbocycles. The summed E-state index contributed by atoms with van der Waals surface area (Å²) >= 11 is 5.98. The maximum Gasteiger partial charge on any atom is 0.195 e. The molecule has 2 fully saturated rings. The molecule has 2 bridgehead atoms. The number of nitrogens with one attached hydrogen (secondary N) is 1. The number of nitrogens with zero attached hydrogens (tertiary/aromatic N) is 1. The van der Waals surface area contributed by atoms with Crippen LogP contribution in [0, 0.1) is 5.92 Å². The van der Waals surface area contributed by atoms with Gasteiger partial charge in [-0.05, 0) is 49.8 Å². The van der Waals surface area contributed by atoms with E-state index in [0.29, 0.717) is 10.9 Å². The Hall–Kier alpha value is -1.06. The largest absolute Gasteiger partial charge is 0.441 e. The highest BCUT2D eigenvalue weighted by Crippen LogP contribution is 2.33. The molecule has 19 heavy (non-hydrogen) atoms. The minimum Gasteiger partial charge on any atom is -0.441 e. The lowest BCUT2D eigenvalue weighted by molar-refractivity contribution is 0.284. The van der Waals surface area contributed by atoms with Crippen LogP contribution >= 0.6 is 11.6 Å². The van der Waals surface area contributed by atoms with E-state index in [9.17, 15) is 0 Å². The van der Waals surface area contributed by atoms with Gasteiger partial charge in [0.2, 0.25) is 0 Å². The van der Waals surface area contributed by atoms with Crippen LogP contribution in [0.2, 0.25) is 5.02 Å². The number of benzene rings is 1. The number of oxazole rings is 1. The summed E-state index contributed by atoms with van der Waals surface area (Å²) in [5.41, 5.74) is 1.72. The predicted molar refractivity (Wildman–Crippen MR) is 75.4 cm³/mol. The van der Waals surface area contributed by atoms with E-state index in [2.05, 4.69) is 10.3 Å². The van der Waals surface area contributed by atoms with Gasteiger partial charge in [-0.1, -0.05) is 11.6 Å². The first-order valence-corrected chi connectivity index (χ1v) is 7.45. The van der Waals surface area contributed by atoms with E-state index in [4.69, 9.17) is 16.0 Å². The second-order valence-electron chi connectivity index (χ2n) is 5.90. The second-order valence-corrected chi connectivity index (χ2v) is 6.34. The summed E-state index contributed by atoms with van der Waals surface area (Å²) in [6.45, 7) is 0. The van der Waals surface area contributed by atoms with Gasteiger partial charge in [0.25, 0.3) is 0 Å². The van der Waals surface area contributed by atoms with Gasteiger partial charge in [0.05, 0.1) is 0 Å². The molecule has 2 unspecified atom stereocenters. The summed E-state index contributed by atoms with van der Waals surface area (Å²) in [7, 11) is 0. The number of hydrogen-bond acceptors (Lipinski definition) is 3. The van der Waals surface area contributed by atoms with Crippen LogP contribution in [0.5, 0.6) is 0 Å². The average molecular weight is 277 g/mol. The third-order valence-electron chi connectivity index (χ3n) is 4.43. The van der Waals surface area contributed by atoms with Gasteiger partial charge in [0.15, 0.2) is 11.5 Å². The van der Waals surface area contributed by atoms with Crippen molar-refractivity contribution in [3.63, 3.8) is 0 Å². The fourth-order valence-electron chi connectivity index (χ4n) is 3.62. The van der Waals surface area contributed by atoms with Crippen LogP contribution in [0.4, 0.5) is 0 Å². The standard InChI is InChI=1S/C15H17ClN2O/c16-10-1-4-14-13(8-10)18-15(19-14)7-9-5-11-2-3-12(6-9)17-11/h1,4,8-9,11-12,17H,2-3,5-7H2. The molecule has 2 aromatic rings. The highest BCUT2D eigenvalue weighted by molar-refractivity contribution is 6.31. The van der Waals surface area contributed by atoms with E-state index in [-0.39, 0.29) is 0 Å². The Kier molecular flexibility index (Phi) is 2.78. The lowest BCUT2D eigenvalue weighted by Crippen LogP contribution is -2.38. The van der Waals surface area contributed by atoms with Gasteiger partial charge < -0.3 is 9.73 Å². The number of aromatic nitrogens is 1. The molecule has 0 radical (unpaired) electrons. The van der Waals surface area contributed by atoms with E-state index < -0.39 is 0 Å². The van der Waals surface area contributed by atoms with Crippen LogP contribution in [-0.4, -0.2) is 17.1 Å². The lowest BCUT2D eigenvalue weighted by Gasteiger charge is -2.28. The fraction of sp³-hybridized carbons (Fsp3) is 0.533. The van der Waals surface area contributed by atoms with Crippen molar-refractivity contribution < 1.29 is 4.42 Å². The summed E-state index contributed by atoms with van der Waals surface area (Å²) in [5.74, 6) is 1.57. The number of fused-ring (bicyclic) bond motifs is 3. The van der Waals surface area contributed by atoms with Crippen LogP contribution in [0.1, 0.15) is 31.6 Å². The average Bonchev–Trinajstić information content (AvgIpc) is 2.92. The maximum atomic E-state index is 5.98. The molecule has 2 saturated heterocycles. The Morgan fingerprint density at radius 2 is 2.05 bits per heavy atom. The topological polar surface area (TPSA) is 38.1 Å². The molecule has 2 aliphatic heterocycles.